The number of hydrogen-bond acceptors (Lipinski definition) is 2. The van der Waals surface area contributed by atoms with Crippen LogP contribution >= 0.6 is 0 Å². The Balaban J connectivity index is 4.41. The molecule has 0 spiro atoms. The third-order valence-corrected chi connectivity index (χ3v) is 2.73. The van der Waals surface area contributed by atoms with Gasteiger partial charge in [-0.3, -0.25) is 0 Å². The fourth-order valence-corrected chi connectivity index (χ4v) is 1.75. The standard InChI is InChI=1S/C16H30O2/c1-7-9-16(18-11-14(5)6)15(8-2)12-17-10-13(3)4/h10-11,15-16H,7-9,12H2,1-6H3. The quantitative estimate of drug-likeness (QED) is 0.535. The van der Waals surface area contributed by atoms with Gasteiger partial charge in [0.25, 0.3) is 0 Å². The molecule has 18 heavy (non-hydrogen) atoms. The lowest BCUT2D eigenvalue weighted by atomic mass is 9.96. The average molecular weight is 254 g/mol. The normalized spacial score (nSPS) is 13.4. The minimum atomic E-state index is 0.264. The van der Waals surface area contributed by atoms with E-state index in [1.165, 1.54) is 11.1 Å². The van der Waals surface area contributed by atoms with Gasteiger partial charge in [-0.1, -0.05) is 20.3 Å². The molecule has 0 bridgehead atoms. The maximum absolute atomic E-state index is 5.89. The summed E-state index contributed by atoms with van der Waals surface area (Å²) >= 11 is 0. The summed E-state index contributed by atoms with van der Waals surface area (Å²) in [5, 5.41) is 0. The molecule has 0 heterocycles. The van der Waals surface area contributed by atoms with E-state index in [2.05, 4.69) is 27.7 Å². The summed E-state index contributed by atoms with van der Waals surface area (Å²) in [6.07, 6.45) is 7.29. The van der Waals surface area contributed by atoms with Crippen LogP contribution in [0.5, 0.6) is 0 Å². The van der Waals surface area contributed by atoms with Crippen molar-refractivity contribution in [2.75, 3.05) is 6.61 Å². The van der Waals surface area contributed by atoms with Crippen LogP contribution < -0.4 is 0 Å². The Hall–Kier alpha value is -0.920. The van der Waals surface area contributed by atoms with Gasteiger partial charge in [-0.25, -0.2) is 0 Å². The minimum absolute atomic E-state index is 0.264. The number of rotatable bonds is 9. The summed E-state index contributed by atoms with van der Waals surface area (Å²) in [5.41, 5.74) is 2.40. The Bertz CT molecular complexity index is 258. The molecular weight excluding hydrogens is 224 g/mol. The summed E-state index contributed by atoms with van der Waals surface area (Å²) in [7, 11) is 0. The smallest absolute Gasteiger partial charge is 0.104 e. The Morgan fingerprint density at radius 2 is 1.61 bits per heavy atom. The van der Waals surface area contributed by atoms with Crippen molar-refractivity contribution in [3.05, 3.63) is 23.7 Å². The van der Waals surface area contributed by atoms with Crippen LogP contribution in [0.25, 0.3) is 0 Å². The maximum atomic E-state index is 5.89. The SMILES string of the molecule is CCCC(OC=C(C)C)C(CC)COC=C(C)C. The van der Waals surface area contributed by atoms with Crippen molar-refractivity contribution < 1.29 is 9.47 Å². The van der Waals surface area contributed by atoms with Crippen molar-refractivity contribution in [2.24, 2.45) is 5.92 Å². The molecule has 0 aromatic rings. The second-order valence-electron chi connectivity index (χ2n) is 5.36. The molecule has 0 aliphatic carbocycles. The van der Waals surface area contributed by atoms with E-state index in [1.54, 1.807) is 0 Å². The van der Waals surface area contributed by atoms with E-state index < -0.39 is 0 Å². The molecule has 0 saturated heterocycles. The number of ether oxygens (including phenoxy) is 2. The first kappa shape index (κ1) is 17.1. The number of allylic oxidation sites excluding steroid dienone is 2. The molecule has 106 valence electrons. The summed E-state index contributed by atoms with van der Waals surface area (Å²) in [6.45, 7) is 13.3. The van der Waals surface area contributed by atoms with Gasteiger partial charge in [0.2, 0.25) is 0 Å². The van der Waals surface area contributed by atoms with E-state index >= 15 is 0 Å². The molecule has 0 N–H and O–H groups in total. The average Bonchev–Trinajstić information content (AvgIpc) is 2.30. The van der Waals surface area contributed by atoms with E-state index in [-0.39, 0.29) is 6.10 Å². The minimum Gasteiger partial charge on any atom is -0.501 e. The van der Waals surface area contributed by atoms with Gasteiger partial charge in [-0.15, -0.1) is 0 Å². The molecule has 2 nitrogen and oxygen atoms in total. The molecule has 0 aromatic heterocycles. The molecule has 0 rings (SSSR count). The van der Waals surface area contributed by atoms with Crippen molar-refractivity contribution >= 4 is 0 Å². The Kier molecular flexibility index (Phi) is 9.53. The molecule has 0 aromatic carbocycles. The predicted molar refractivity (Wildman–Crippen MR) is 78.4 cm³/mol. The van der Waals surface area contributed by atoms with Gasteiger partial charge in [0.1, 0.15) is 6.10 Å². The van der Waals surface area contributed by atoms with Gasteiger partial charge in [0.05, 0.1) is 19.1 Å². The third-order valence-electron chi connectivity index (χ3n) is 2.73. The first-order chi connectivity index (χ1) is 8.51. The van der Waals surface area contributed by atoms with Crippen molar-refractivity contribution in [1.82, 2.24) is 0 Å². The third kappa shape index (κ3) is 8.21. The second-order valence-corrected chi connectivity index (χ2v) is 5.36. The molecule has 0 amide bonds. The highest BCUT2D eigenvalue weighted by molar-refractivity contribution is 4.89. The van der Waals surface area contributed by atoms with Crippen LogP contribution in [0.4, 0.5) is 0 Å². The number of hydrogen-bond donors (Lipinski definition) is 0. The van der Waals surface area contributed by atoms with Gasteiger partial charge in [0.15, 0.2) is 0 Å². The van der Waals surface area contributed by atoms with E-state index in [0.717, 1.165) is 25.9 Å². The van der Waals surface area contributed by atoms with Crippen LogP contribution in [0.3, 0.4) is 0 Å². The first-order valence-corrected chi connectivity index (χ1v) is 7.05. The molecule has 2 atom stereocenters. The summed E-state index contributed by atoms with van der Waals surface area (Å²) < 4.78 is 11.5. The highest BCUT2D eigenvalue weighted by Gasteiger charge is 2.20. The highest BCUT2D eigenvalue weighted by atomic mass is 16.5. The molecule has 0 aliphatic rings. The van der Waals surface area contributed by atoms with Crippen LogP contribution in [0.2, 0.25) is 0 Å². The van der Waals surface area contributed by atoms with E-state index in [1.807, 2.05) is 26.4 Å². The zero-order valence-electron chi connectivity index (χ0n) is 13.0. The zero-order valence-corrected chi connectivity index (χ0v) is 13.0. The topological polar surface area (TPSA) is 18.5 Å². The van der Waals surface area contributed by atoms with Crippen LogP contribution in [0.15, 0.2) is 23.7 Å². The fourth-order valence-electron chi connectivity index (χ4n) is 1.75. The van der Waals surface area contributed by atoms with E-state index in [9.17, 15) is 0 Å². The molecule has 2 heteroatoms. The Labute approximate surface area is 113 Å². The van der Waals surface area contributed by atoms with Gasteiger partial charge in [-0.2, -0.15) is 0 Å². The van der Waals surface area contributed by atoms with Gasteiger partial charge >= 0.3 is 0 Å². The second kappa shape index (κ2) is 10.0. The van der Waals surface area contributed by atoms with Gasteiger partial charge in [0, 0.05) is 5.92 Å². The van der Waals surface area contributed by atoms with Gasteiger partial charge < -0.3 is 9.47 Å². The lowest BCUT2D eigenvalue weighted by Gasteiger charge is -2.25. The Morgan fingerprint density at radius 3 is 2.06 bits per heavy atom. The summed E-state index contributed by atoms with van der Waals surface area (Å²) in [4.78, 5) is 0. The summed E-state index contributed by atoms with van der Waals surface area (Å²) in [5.74, 6) is 0.455. The molecule has 0 radical (unpaired) electrons. The van der Waals surface area contributed by atoms with Crippen molar-refractivity contribution in [2.45, 2.75) is 66.9 Å². The summed E-state index contributed by atoms with van der Waals surface area (Å²) in [6, 6.07) is 0. The maximum Gasteiger partial charge on any atom is 0.104 e. The lowest BCUT2D eigenvalue weighted by Crippen LogP contribution is -2.25. The fraction of sp³-hybridized carbons (Fsp3) is 0.750. The van der Waals surface area contributed by atoms with Gasteiger partial charge in [-0.05, 0) is 51.7 Å². The molecule has 0 fully saturated rings. The van der Waals surface area contributed by atoms with Crippen LogP contribution in [-0.2, 0) is 9.47 Å². The van der Waals surface area contributed by atoms with Crippen molar-refractivity contribution in [1.29, 1.82) is 0 Å². The van der Waals surface area contributed by atoms with E-state index in [0.29, 0.717) is 5.92 Å². The zero-order chi connectivity index (χ0) is 14.0. The molecule has 0 saturated carbocycles. The van der Waals surface area contributed by atoms with Crippen molar-refractivity contribution in [3.63, 3.8) is 0 Å². The molecule has 0 aliphatic heterocycles. The molecular formula is C16H30O2. The molecule has 2 unspecified atom stereocenters. The Morgan fingerprint density at radius 1 is 1.00 bits per heavy atom. The lowest BCUT2D eigenvalue weighted by molar-refractivity contribution is 0.0378. The largest absolute Gasteiger partial charge is 0.501 e. The first-order valence-electron chi connectivity index (χ1n) is 7.05. The highest BCUT2D eigenvalue weighted by Crippen LogP contribution is 2.19. The van der Waals surface area contributed by atoms with Crippen LogP contribution in [0, 0.1) is 5.92 Å². The van der Waals surface area contributed by atoms with Crippen LogP contribution in [-0.4, -0.2) is 12.7 Å². The van der Waals surface area contributed by atoms with Crippen molar-refractivity contribution in [3.8, 4) is 0 Å². The van der Waals surface area contributed by atoms with E-state index in [4.69, 9.17) is 9.47 Å². The predicted octanol–water partition coefficient (Wildman–Crippen LogP) is 5.06. The van der Waals surface area contributed by atoms with Crippen LogP contribution in [0.1, 0.15) is 60.8 Å². The monoisotopic (exact) mass is 254 g/mol.